The lowest BCUT2D eigenvalue weighted by Crippen LogP contribution is -2.51. The topological polar surface area (TPSA) is 64.7 Å². The molecule has 0 aliphatic carbocycles. The number of benzene rings is 1. The van der Waals surface area contributed by atoms with Crippen LogP contribution in [-0.4, -0.2) is 66.9 Å². The summed E-state index contributed by atoms with van der Waals surface area (Å²) in [5.74, 6) is -0.0457. The Labute approximate surface area is 144 Å². The van der Waals surface area contributed by atoms with E-state index in [9.17, 15) is 9.59 Å². The standard InChI is InChI=1S/C18H28N4O2/c1-4-21(5-2)18(24)15-7-6-8-16(13-15)20-17(23)14(3)22-11-9-19-10-12-22/h6-8,13-14,19H,4-5,9-12H2,1-3H3,(H,20,23). The molecule has 0 spiro atoms. The van der Waals surface area contributed by atoms with Crippen LogP contribution >= 0.6 is 0 Å². The fraction of sp³-hybridized carbons (Fsp3) is 0.556. The fourth-order valence-electron chi connectivity index (χ4n) is 2.91. The van der Waals surface area contributed by atoms with Crippen molar-refractivity contribution >= 4 is 17.5 Å². The van der Waals surface area contributed by atoms with E-state index in [1.165, 1.54) is 0 Å². The van der Waals surface area contributed by atoms with Gasteiger partial charge in [0.25, 0.3) is 5.91 Å². The minimum Gasteiger partial charge on any atom is -0.339 e. The van der Waals surface area contributed by atoms with Crippen LogP contribution in [0.4, 0.5) is 5.69 Å². The quantitative estimate of drug-likeness (QED) is 0.826. The molecule has 1 aromatic carbocycles. The summed E-state index contributed by atoms with van der Waals surface area (Å²) in [6.45, 7) is 10.7. The molecule has 1 unspecified atom stereocenters. The Kier molecular flexibility index (Phi) is 6.75. The third-order valence-electron chi connectivity index (χ3n) is 4.51. The fourth-order valence-corrected chi connectivity index (χ4v) is 2.91. The highest BCUT2D eigenvalue weighted by Crippen LogP contribution is 2.14. The molecule has 1 fully saturated rings. The molecule has 132 valence electrons. The lowest BCUT2D eigenvalue weighted by molar-refractivity contribution is -0.120. The van der Waals surface area contributed by atoms with Crippen molar-refractivity contribution in [1.29, 1.82) is 0 Å². The van der Waals surface area contributed by atoms with Crippen LogP contribution in [0.1, 0.15) is 31.1 Å². The van der Waals surface area contributed by atoms with Crippen LogP contribution < -0.4 is 10.6 Å². The zero-order valence-electron chi connectivity index (χ0n) is 14.8. The van der Waals surface area contributed by atoms with Gasteiger partial charge in [0.05, 0.1) is 6.04 Å². The number of nitrogens with zero attached hydrogens (tertiary/aromatic N) is 2. The first-order valence-electron chi connectivity index (χ1n) is 8.71. The first-order valence-corrected chi connectivity index (χ1v) is 8.71. The van der Waals surface area contributed by atoms with Gasteiger partial charge in [0.2, 0.25) is 5.91 Å². The molecule has 6 heteroatoms. The van der Waals surface area contributed by atoms with E-state index in [0.29, 0.717) is 24.3 Å². The molecule has 1 atom stereocenters. The van der Waals surface area contributed by atoms with Crippen LogP contribution in [-0.2, 0) is 4.79 Å². The maximum atomic E-state index is 12.5. The van der Waals surface area contributed by atoms with Crippen LogP contribution in [0.2, 0.25) is 0 Å². The van der Waals surface area contributed by atoms with E-state index in [1.54, 1.807) is 17.0 Å². The number of piperazine rings is 1. The SMILES string of the molecule is CCN(CC)C(=O)c1cccc(NC(=O)C(C)N2CCNCC2)c1. The monoisotopic (exact) mass is 332 g/mol. The van der Waals surface area contributed by atoms with E-state index < -0.39 is 0 Å². The minimum absolute atomic E-state index is 0.00810. The van der Waals surface area contributed by atoms with Gasteiger partial charge >= 0.3 is 0 Å². The third-order valence-corrected chi connectivity index (χ3v) is 4.51. The van der Waals surface area contributed by atoms with E-state index in [4.69, 9.17) is 0 Å². The number of carbonyl (C=O) groups excluding carboxylic acids is 2. The van der Waals surface area contributed by atoms with Crippen molar-refractivity contribution in [3.63, 3.8) is 0 Å². The van der Waals surface area contributed by atoms with Crippen molar-refractivity contribution in [3.8, 4) is 0 Å². The molecule has 0 saturated carbocycles. The first-order chi connectivity index (χ1) is 11.6. The van der Waals surface area contributed by atoms with Gasteiger partial charge in [-0.15, -0.1) is 0 Å². The predicted octanol–water partition coefficient (Wildman–Crippen LogP) is 1.40. The Morgan fingerprint density at radius 3 is 2.54 bits per heavy atom. The summed E-state index contributed by atoms with van der Waals surface area (Å²) in [6.07, 6.45) is 0. The van der Waals surface area contributed by atoms with E-state index in [-0.39, 0.29) is 17.9 Å². The Bertz CT molecular complexity index is 566. The lowest BCUT2D eigenvalue weighted by atomic mass is 10.1. The molecule has 1 aromatic rings. The number of hydrogen-bond acceptors (Lipinski definition) is 4. The number of hydrogen-bond donors (Lipinski definition) is 2. The summed E-state index contributed by atoms with van der Waals surface area (Å²) in [4.78, 5) is 28.8. The molecule has 1 aliphatic rings. The van der Waals surface area contributed by atoms with Gasteiger partial charge in [0.15, 0.2) is 0 Å². The van der Waals surface area contributed by atoms with E-state index in [2.05, 4.69) is 15.5 Å². The van der Waals surface area contributed by atoms with Crippen molar-refractivity contribution in [3.05, 3.63) is 29.8 Å². The van der Waals surface area contributed by atoms with Gasteiger partial charge in [-0.05, 0) is 39.0 Å². The molecule has 24 heavy (non-hydrogen) atoms. The molecular weight excluding hydrogens is 304 g/mol. The van der Waals surface area contributed by atoms with E-state index in [1.807, 2.05) is 32.9 Å². The van der Waals surface area contributed by atoms with Crippen molar-refractivity contribution in [2.75, 3.05) is 44.6 Å². The van der Waals surface area contributed by atoms with E-state index >= 15 is 0 Å². The smallest absolute Gasteiger partial charge is 0.253 e. The molecular formula is C18H28N4O2. The maximum Gasteiger partial charge on any atom is 0.253 e. The number of nitrogens with one attached hydrogen (secondary N) is 2. The third kappa shape index (κ3) is 4.55. The summed E-state index contributed by atoms with van der Waals surface area (Å²) in [6, 6.07) is 6.98. The highest BCUT2D eigenvalue weighted by atomic mass is 16.2. The Hall–Kier alpha value is -1.92. The highest BCUT2D eigenvalue weighted by Gasteiger charge is 2.23. The van der Waals surface area contributed by atoms with Gasteiger partial charge in [-0.25, -0.2) is 0 Å². The van der Waals surface area contributed by atoms with Gasteiger partial charge in [0.1, 0.15) is 0 Å². The minimum atomic E-state index is -0.186. The molecule has 2 amide bonds. The van der Waals surface area contributed by atoms with Gasteiger partial charge < -0.3 is 15.5 Å². The molecule has 1 aliphatic heterocycles. The summed E-state index contributed by atoms with van der Waals surface area (Å²) in [5.41, 5.74) is 1.27. The molecule has 6 nitrogen and oxygen atoms in total. The first kappa shape index (κ1) is 18.4. The van der Waals surface area contributed by atoms with Gasteiger partial charge in [0, 0.05) is 50.5 Å². The van der Waals surface area contributed by atoms with Gasteiger partial charge in [-0.3, -0.25) is 14.5 Å². The number of rotatable bonds is 6. The average molecular weight is 332 g/mol. The molecule has 1 saturated heterocycles. The normalized spacial score (nSPS) is 16.5. The molecule has 0 radical (unpaired) electrons. The van der Waals surface area contributed by atoms with Crippen LogP contribution in [0.15, 0.2) is 24.3 Å². The highest BCUT2D eigenvalue weighted by molar-refractivity contribution is 5.98. The zero-order chi connectivity index (χ0) is 17.5. The van der Waals surface area contributed by atoms with E-state index in [0.717, 1.165) is 26.2 Å². The Balaban J connectivity index is 2.03. The second-order valence-corrected chi connectivity index (χ2v) is 6.01. The summed E-state index contributed by atoms with van der Waals surface area (Å²) < 4.78 is 0. The van der Waals surface area contributed by atoms with Crippen LogP contribution in [0.5, 0.6) is 0 Å². The Morgan fingerprint density at radius 1 is 1.25 bits per heavy atom. The van der Waals surface area contributed by atoms with Crippen molar-refractivity contribution in [1.82, 2.24) is 15.1 Å². The summed E-state index contributed by atoms with van der Waals surface area (Å²) in [7, 11) is 0. The summed E-state index contributed by atoms with van der Waals surface area (Å²) >= 11 is 0. The predicted molar refractivity (Wildman–Crippen MR) is 96.2 cm³/mol. The average Bonchev–Trinajstić information content (AvgIpc) is 2.63. The molecule has 0 bridgehead atoms. The number of anilines is 1. The maximum absolute atomic E-state index is 12.5. The van der Waals surface area contributed by atoms with Crippen LogP contribution in [0.3, 0.4) is 0 Å². The summed E-state index contributed by atoms with van der Waals surface area (Å²) in [5, 5.41) is 6.22. The number of amides is 2. The lowest BCUT2D eigenvalue weighted by Gasteiger charge is -2.31. The van der Waals surface area contributed by atoms with Gasteiger partial charge in [-0.2, -0.15) is 0 Å². The van der Waals surface area contributed by atoms with Crippen molar-refractivity contribution < 1.29 is 9.59 Å². The molecule has 2 N–H and O–H groups in total. The van der Waals surface area contributed by atoms with Crippen LogP contribution in [0.25, 0.3) is 0 Å². The molecule has 2 rings (SSSR count). The van der Waals surface area contributed by atoms with Crippen LogP contribution in [0, 0.1) is 0 Å². The zero-order valence-corrected chi connectivity index (χ0v) is 14.8. The molecule has 1 heterocycles. The largest absolute Gasteiger partial charge is 0.339 e. The van der Waals surface area contributed by atoms with Crippen molar-refractivity contribution in [2.24, 2.45) is 0 Å². The second-order valence-electron chi connectivity index (χ2n) is 6.01. The van der Waals surface area contributed by atoms with Gasteiger partial charge in [-0.1, -0.05) is 6.07 Å². The van der Waals surface area contributed by atoms with Crippen molar-refractivity contribution in [2.45, 2.75) is 26.8 Å². The Morgan fingerprint density at radius 2 is 1.92 bits per heavy atom. The second kappa shape index (κ2) is 8.80. The number of carbonyl (C=O) groups is 2. The molecule has 0 aromatic heterocycles.